The van der Waals surface area contributed by atoms with E-state index in [0.717, 1.165) is 11.3 Å². The minimum Gasteiger partial charge on any atom is -0.497 e. The molecule has 1 aliphatic heterocycles. The van der Waals surface area contributed by atoms with E-state index in [4.69, 9.17) is 10.5 Å². The van der Waals surface area contributed by atoms with Crippen molar-refractivity contribution in [3.8, 4) is 5.75 Å². The predicted octanol–water partition coefficient (Wildman–Crippen LogP) is 0.407. The second-order valence-electron chi connectivity index (χ2n) is 4.09. The van der Waals surface area contributed by atoms with Crippen LogP contribution >= 0.6 is 0 Å². The minimum atomic E-state index is 0.134. The Bertz CT molecular complexity index is 386. The summed E-state index contributed by atoms with van der Waals surface area (Å²) >= 11 is 0. The smallest absolute Gasteiger partial charge is 0.227 e. The maximum Gasteiger partial charge on any atom is 0.227 e. The molecule has 1 amide bonds. The van der Waals surface area contributed by atoms with Crippen molar-refractivity contribution >= 4 is 5.91 Å². The van der Waals surface area contributed by atoms with Crippen molar-refractivity contribution in [2.75, 3.05) is 20.2 Å². The molecule has 0 spiro atoms. The van der Waals surface area contributed by atoms with Gasteiger partial charge in [-0.1, -0.05) is 12.1 Å². The molecule has 0 atom stereocenters. The molecule has 4 heteroatoms. The van der Waals surface area contributed by atoms with Crippen LogP contribution in [0, 0.1) is 0 Å². The first-order valence-corrected chi connectivity index (χ1v) is 5.35. The first-order chi connectivity index (χ1) is 7.69. The average Bonchev–Trinajstić information content (AvgIpc) is 2.25. The Morgan fingerprint density at radius 1 is 1.56 bits per heavy atom. The Labute approximate surface area is 95.0 Å². The lowest BCUT2D eigenvalue weighted by Crippen LogP contribution is -2.58. The number of methoxy groups -OCH3 is 1. The van der Waals surface area contributed by atoms with E-state index in [0.29, 0.717) is 19.5 Å². The topological polar surface area (TPSA) is 55.6 Å². The van der Waals surface area contributed by atoms with Crippen LogP contribution in [0.25, 0.3) is 0 Å². The number of nitrogens with zero attached hydrogens (tertiary/aromatic N) is 1. The number of hydrogen-bond acceptors (Lipinski definition) is 3. The predicted molar refractivity (Wildman–Crippen MR) is 61.3 cm³/mol. The number of carbonyl (C=O) groups excluding carboxylic acids is 1. The number of ether oxygens (including phenoxy) is 1. The quantitative estimate of drug-likeness (QED) is 0.802. The SMILES string of the molecule is COc1cccc(CC(=O)N2CC(N)C2)c1. The maximum atomic E-state index is 11.8. The molecule has 0 unspecified atom stereocenters. The third-order valence-electron chi connectivity index (χ3n) is 2.75. The molecule has 1 aliphatic rings. The van der Waals surface area contributed by atoms with Gasteiger partial charge in [-0.05, 0) is 17.7 Å². The molecule has 0 aliphatic carbocycles. The van der Waals surface area contributed by atoms with Gasteiger partial charge in [-0.3, -0.25) is 4.79 Å². The highest BCUT2D eigenvalue weighted by molar-refractivity contribution is 5.79. The van der Waals surface area contributed by atoms with Gasteiger partial charge in [0.25, 0.3) is 0 Å². The standard InChI is InChI=1S/C12H16N2O2/c1-16-11-4-2-3-9(5-11)6-12(15)14-7-10(13)8-14/h2-5,10H,6-8,13H2,1H3. The van der Waals surface area contributed by atoms with Crippen LogP contribution in [0.4, 0.5) is 0 Å². The number of benzene rings is 1. The van der Waals surface area contributed by atoms with Gasteiger partial charge in [-0.25, -0.2) is 0 Å². The largest absolute Gasteiger partial charge is 0.497 e. The Morgan fingerprint density at radius 3 is 2.94 bits per heavy atom. The molecule has 0 aromatic heterocycles. The summed E-state index contributed by atoms with van der Waals surface area (Å²) in [6, 6.07) is 7.74. The molecule has 1 heterocycles. The van der Waals surface area contributed by atoms with E-state index in [1.807, 2.05) is 24.3 Å². The zero-order valence-electron chi connectivity index (χ0n) is 9.35. The molecule has 2 rings (SSSR count). The van der Waals surface area contributed by atoms with Gasteiger partial charge in [0.15, 0.2) is 0 Å². The van der Waals surface area contributed by atoms with Crippen LogP contribution in [0.2, 0.25) is 0 Å². The van der Waals surface area contributed by atoms with Crippen LogP contribution in [-0.4, -0.2) is 37.0 Å². The number of carbonyl (C=O) groups is 1. The van der Waals surface area contributed by atoms with Gasteiger partial charge in [0.05, 0.1) is 13.5 Å². The zero-order valence-corrected chi connectivity index (χ0v) is 9.35. The van der Waals surface area contributed by atoms with Crippen molar-refractivity contribution in [2.24, 2.45) is 5.73 Å². The Kier molecular flexibility index (Phi) is 3.10. The average molecular weight is 220 g/mol. The molecule has 0 radical (unpaired) electrons. The highest BCUT2D eigenvalue weighted by Crippen LogP contribution is 2.15. The molecule has 1 aromatic carbocycles. The zero-order chi connectivity index (χ0) is 11.5. The van der Waals surface area contributed by atoms with Gasteiger partial charge in [0.2, 0.25) is 5.91 Å². The van der Waals surface area contributed by atoms with Crippen LogP contribution in [0.15, 0.2) is 24.3 Å². The van der Waals surface area contributed by atoms with E-state index in [1.165, 1.54) is 0 Å². The van der Waals surface area contributed by atoms with Crippen molar-refractivity contribution < 1.29 is 9.53 Å². The van der Waals surface area contributed by atoms with Crippen LogP contribution in [-0.2, 0) is 11.2 Å². The van der Waals surface area contributed by atoms with E-state index >= 15 is 0 Å². The van der Waals surface area contributed by atoms with Gasteiger partial charge < -0.3 is 15.4 Å². The third-order valence-corrected chi connectivity index (χ3v) is 2.75. The summed E-state index contributed by atoms with van der Waals surface area (Å²) in [5, 5.41) is 0. The van der Waals surface area contributed by atoms with Gasteiger partial charge in [-0.2, -0.15) is 0 Å². The summed E-state index contributed by atoms with van der Waals surface area (Å²) in [5.74, 6) is 0.917. The van der Waals surface area contributed by atoms with E-state index in [2.05, 4.69) is 0 Å². The van der Waals surface area contributed by atoms with Crippen LogP contribution < -0.4 is 10.5 Å². The van der Waals surface area contributed by atoms with Crippen molar-refractivity contribution in [2.45, 2.75) is 12.5 Å². The minimum absolute atomic E-state index is 0.134. The van der Waals surface area contributed by atoms with Crippen molar-refractivity contribution in [3.05, 3.63) is 29.8 Å². The van der Waals surface area contributed by atoms with Crippen molar-refractivity contribution in [1.82, 2.24) is 4.90 Å². The monoisotopic (exact) mass is 220 g/mol. The van der Waals surface area contributed by atoms with Gasteiger partial charge in [0, 0.05) is 19.1 Å². The highest BCUT2D eigenvalue weighted by atomic mass is 16.5. The number of nitrogens with two attached hydrogens (primary N) is 1. The van der Waals surface area contributed by atoms with Crippen LogP contribution in [0.3, 0.4) is 0 Å². The Morgan fingerprint density at radius 2 is 2.31 bits per heavy atom. The Hall–Kier alpha value is -1.55. The lowest BCUT2D eigenvalue weighted by atomic mass is 10.1. The number of hydrogen-bond donors (Lipinski definition) is 1. The first-order valence-electron chi connectivity index (χ1n) is 5.35. The summed E-state index contributed by atoms with van der Waals surface area (Å²) in [7, 11) is 1.62. The molecule has 0 saturated carbocycles. The fourth-order valence-corrected chi connectivity index (χ4v) is 1.79. The van der Waals surface area contributed by atoms with Crippen molar-refractivity contribution in [3.63, 3.8) is 0 Å². The molecule has 2 N–H and O–H groups in total. The van der Waals surface area contributed by atoms with E-state index in [-0.39, 0.29) is 11.9 Å². The van der Waals surface area contributed by atoms with E-state index in [1.54, 1.807) is 12.0 Å². The van der Waals surface area contributed by atoms with Crippen molar-refractivity contribution in [1.29, 1.82) is 0 Å². The highest BCUT2D eigenvalue weighted by Gasteiger charge is 2.27. The van der Waals surface area contributed by atoms with Crippen LogP contribution in [0.1, 0.15) is 5.56 Å². The molecule has 1 fully saturated rings. The third kappa shape index (κ3) is 2.33. The lowest BCUT2D eigenvalue weighted by Gasteiger charge is -2.36. The molecule has 16 heavy (non-hydrogen) atoms. The summed E-state index contributed by atoms with van der Waals surface area (Å²) < 4.78 is 5.11. The number of amides is 1. The molecule has 1 saturated heterocycles. The van der Waals surface area contributed by atoms with E-state index in [9.17, 15) is 4.79 Å². The van der Waals surface area contributed by atoms with Gasteiger partial charge in [0.1, 0.15) is 5.75 Å². The fourth-order valence-electron chi connectivity index (χ4n) is 1.79. The van der Waals surface area contributed by atoms with E-state index < -0.39 is 0 Å². The maximum absolute atomic E-state index is 11.8. The molecule has 1 aromatic rings. The summed E-state index contributed by atoms with van der Waals surface area (Å²) in [6.07, 6.45) is 0.421. The Balaban J connectivity index is 1.95. The molecular weight excluding hydrogens is 204 g/mol. The molecule has 86 valence electrons. The molecule has 0 bridgehead atoms. The summed E-state index contributed by atoms with van der Waals surface area (Å²) in [6.45, 7) is 1.37. The van der Waals surface area contributed by atoms with Gasteiger partial charge >= 0.3 is 0 Å². The molecule has 4 nitrogen and oxygen atoms in total. The summed E-state index contributed by atoms with van der Waals surface area (Å²) in [5.41, 5.74) is 6.61. The summed E-state index contributed by atoms with van der Waals surface area (Å²) in [4.78, 5) is 13.6. The number of rotatable bonds is 3. The van der Waals surface area contributed by atoms with Crippen LogP contribution in [0.5, 0.6) is 5.75 Å². The second-order valence-corrected chi connectivity index (χ2v) is 4.09. The second kappa shape index (κ2) is 4.53. The molecular formula is C12H16N2O2. The van der Waals surface area contributed by atoms with Gasteiger partial charge in [-0.15, -0.1) is 0 Å². The first kappa shape index (κ1) is 11.0. The fraction of sp³-hybridized carbons (Fsp3) is 0.417. The normalized spacial score (nSPS) is 15.8. The lowest BCUT2D eigenvalue weighted by molar-refractivity contribution is -0.134. The number of likely N-dealkylation sites (tertiary alicyclic amines) is 1.